The van der Waals surface area contributed by atoms with Crippen LogP contribution >= 0.6 is 24.0 Å². The van der Waals surface area contributed by atoms with Gasteiger partial charge in [0.1, 0.15) is 0 Å². The zero-order valence-electron chi connectivity index (χ0n) is 14.6. The molecule has 0 saturated carbocycles. The molecule has 5 nitrogen and oxygen atoms in total. The van der Waals surface area contributed by atoms with Gasteiger partial charge in [0.15, 0.2) is 5.96 Å². The van der Waals surface area contributed by atoms with E-state index in [1.54, 1.807) is 0 Å². The number of rotatable bonds is 4. The molecule has 1 N–H and O–H groups in total. The largest absolute Gasteiger partial charge is 0.357 e. The summed E-state index contributed by atoms with van der Waals surface area (Å²) < 4.78 is 0. The third kappa shape index (κ3) is 4.69. The summed E-state index contributed by atoms with van der Waals surface area (Å²) in [7, 11) is 0. The molecule has 0 amide bonds. The van der Waals surface area contributed by atoms with Gasteiger partial charge in [0.05, 0.1) is 12.2 Å². The van der Waals surface area contributed by atoms with Gasteiger partial charge in [0, 0.05) is 45.0 Å². The maximum Gasteiger partial charge on any atom is 0.194 e. The van der Waals surface area contributed by atoms with Gasteiger partial charge in [-0.15, -0.1) is 24.0 Å². The van der Waals surface area contributed by atoms with Crippen molar-refractivity contribution >= 4 is 29.9 Å². The van der Waals surface area contributed by atoms with E-state index in [0.29, 0.717) is 12.6 Å². The van der Waals surface area contributed by atoms with Crippen LogP contribution in [0.4, 0.5) is 0 Å². The maximum absolute atomic E-state index is 4.82. The van der Waals surface area contributed by atoms with E-state index in [4.69, 9.17) is 4.99 Å². The first-order valence-corrected chi connectivity index (χ1v) is 8.60. The number of nitrogens with one attached hydrogen (secondary N) is 1. The molecule has 6 heteroatoms. The molecule has 3 heterocycles. The maximum atomic E-state index is 4.82. The molecule has 1 atom stereocenters. The van der Waals surface area contributed by atoms with Gasteiger partial charge in [-0.25, -0.2) is 4.99 Å². The van der Waals surface area contributed by atoms with E-state index >= 15 is 0 Å². The second-order valence-corrected chi connectivity index (χ2v) is 6.25. The van der Waals surface area contributed by atoms with E-state index in [2.05, 4.69) is 52.2 Å². The first kappa shape index (κ1) is 19.2. The minimum Gasteiger partial charge on any atom is -0.357 e. The molecule has 1 fully saturated rings. The highest BCUT2D eigenvalue weighted by Gasteiger charge is 2.29. The van der Waals surface area contributed by atoms with E-state index < -0.39 is 0 Å². The number of guanidine groups is 1. The zero-order chi connectivity index (χ0) is 16.1. The smallest absolute Gasteiger partial charge is 0.194 e. The summed E-state index contributed by atoms with van der Waals surface area (Å²) in [5, 5.41) is 3.44. The molecule has 0 aromatic carbocycles. The lowest BCUT2D eigenvalue weighted by atomic mass is 10.2. The van der Waals surface area contributed by atoms with E-state index in [9.17, 15) is 0 Å². The summed E-state index contributed by atoms with van der Waals surface area (Å²) in [5.74, 6) is 1.02. The van der Waals surface area contributed by atoms with E-state index in [1.165, 1.54) is 12.0 Å². The SMILES string of the molecule is CCNC(=NCc1ncccc1C)N1CCC(N2CC=CC2)C1.I. The number of pyridine rings is 1. The fourth-order valence-electron chi connectivity index (χ4n) is 3.28. The van der Waals surface area contributed by atoms with Crippen molar-refractivity contribution in [3.8, 4) is 0 Å². The fraction of sp³-hybridized carbons (Fsp3) is 0.556. The molecule has 0 bridgehead atoms. The summed E-state index contributed by atoms with van der Waals surface area (Å²) in [6.07, 6.45) is 7.60. The molecule has 1 unspecified atom stereocenters. The number of aliphatic imine (C=N–C) groups is 1. The summed E-state index contributed by atoms with van der Waals surface area (Å²) in [5.41, 5.74) is 2.26. The summed E-state index contributed by atoms with van der Waals surface area (Å²) in [6, 6.07) is 4.71. The molecule has 2 aliphatic heterocycles. The van der Waals surface area contributed by atoms with Gasteiger partial charge in [-0.05, 0) is 31.9 Å². The molecule has 3 rings (SSSR count). The molecule has 0 aliphatic carbocycles. The molecule has 1 aromatic rings. The van der Waals surface area contributed by atoms with Crippen LogP contribution in [0, 0.1) is 6.92 Å². The highest BCUT2D eigenvalue weighted by atomic mass is 127. The predicted octanol–water partition coefficient (Wildman–Crippen LogP) is 2.42. The quantitative estimate of drug-likeness (QED) is 0.338. The van der Waals surface area contributed by atoms with Crippen molar-refractivity contribution in [2.24, 2.45) is 4.99 Å². The molecular weight excluding hydrogens is 413 g/mol. The number of nitrogens with zero attached hydrogens (tertiary/aromatic N) is 4. The Morgan fingerprint density at radius 3 is 2.88 bits per heavy atom. The van der Waals surface area contributed by atoms with E-state index in [-0.39, 0.29) is 24.0 Å². The average Bonchev–Trinajstić information content (AvgIpc) is 3.23. The Morgan fingerprint density at radius 2 is 2.17 bits per heavy atom. The van der Waals surface area contributed by atoms with Gasteiger partial charge < -0.3 is 10.2 Å². The van der Waals surface area contributed by atoms with Gasteiger partial charge in [-0.1, -0.05) is 18.2 Å². The van der Waals surface area contributed by atoms with Crippen LogP contribution in [-0.4, -0.2) is 59.5 Å². The second kappa shape index (κ2) is 9.36. The van der Waals surface area contributed by atoms with Crippen molar-refractivity contribution < 1.29 is 0 Å². The minimum absolute atomic E-state index is 0. The molecule has 132 valence electrons. The number of hydrogen-bond donors (Lipinski definition) is 1. The van der Waals surface area contributed by atoms with Crippen LogP contribution in [0.1, 0.15) is 24.6 Å². The van der Waals surface area contributed by atoms with Gasteiger partial charge in [-0.2, -0.15) is 0 Å². The first-order chi connectivity index (χ1) is 11.3. The first-order valence-electron chi connectivity index (χ1n) is 8.60. The molecule has 0 spiro atoms. The Morgan fingerprint density at radius 1 is 1.38 bits per heavy atom. The summed E-state index contributed by atoms with van der Waals surface area (Å²) in [6.45, 7) is 10.1. The van der Waals surface area contributed by atoms with Crippen molar-refractivity contribution in [2.75, 3.05) is 32.7 Å². The molecule has 1 aromatic heterocycles. The van der Waals surface area contributed by atoms with Gasteiger partial charge in [-0.3, -0.25) is 9.88 Å². The highest BCUT2D eigenvalue weighted by Crippen LogP contribution is 2.18. The fourth-order valence-corrected chi connectivity index (χ4v) is 3.28. The molecule has 2 aliphatic rings. The Balaban J connectivity index is 0.00000208. The summed E-state index contributed by atoms with van der Waals surface area (Å²) >= 11 is 0. The summed E-state index contributed by atoms with van der Waals surface area (Å²) in [4.78, 5) is 14.2. The van der Waals surface area contributed by atoms with Crippen LogP contribution in [0.2, 0.25) is 0 Å². The zero-order valence-corrected chi connectivity index (χ0v) is 16.9. The van der Waals surface area contributed by atoms with Crippen LogP contribution in [0.5, 0.6) is 0 Å². The number of likely N-dealkylation sites (tertiary alicyclic amines) is 1. The van der Waals surface area contributed by atoms with Crippen LogP contribution in [-0.2, 0) is 6.54 Å². The Hall–Kier alpha value is -1.15. The molecule has 0 radical (unpaired) electrons. The van der Waals surface area contributed by atoms with E-state index in [1.807, 2.05) is 12.3 Å². The minimum atomic E-state index is 0. The third-order valence-electron chi connectivity index (χ3n) is 4.66. The Labute approximate surface area is 162 Å². The highest BCUT2D eigenvalue weighted by molar-refractivity contribution is 14.0. The number of aryl methyl sites for hydroxylation is 1. The molecule has 24 heavy (non-hydrogen) atoms. The number of hydrogen-bond acceptors (Lipinski definition) is 3. The molecular formula is C18H28IN5. The normalized spacial score (nSPS) is 21.2. The van der Waals surface area contributed by atoms with Crippen molar-refractivity contribution in [1.29, 1.82) is 0 Å². The van der Waals surface area contributed by atoms with Crippen LogP contribution in [0.15, 0.2) is 35.5 Å². The van der Waals surface area contributed by atoms with Crippen molar-refractivity contribution in [2.45, 2.75) is 32.9 Å². The van der Waals surface area contributed by atoms with Crippen molar-refractivity contribution in [3.63, 3.8) is 0 Å². The Bertz CT molecular complexity index is 579. The number of halogens is 1. The van der Waals surface area contributed by atoms with Crippen LogP contribution < -0.4 is 5.32 Å². The van der Waals surface area contributed by atoms with Gasteiger partial charge in [0.25, 0.3) is 0 Å². The lowest BCUT2D eigenvalue weighted by molar-refractivity contribution is 0.259. The second-order valence-electron chi connectivity index (χ2n) is 6.25. The van der Waals surface area contributed by atoms with Crippen LogP contribution in [0.25, 0.3) is 0 Å². The van der Waals surface area contributed by atoms with Gasteiger partial charge >= 0.3 is 0 Å². The van der Waals surface area contributed by atoms with Crippen molar-refractivity contribution in [1.82, 2.24) is 20.1 Å². The van der Waals surface area contributed by atoms with Crippen molar-refractivity contribution in [3.05, 3.63) is 41.7 Å². The third-order valence-corrected chi connectivity index (χ3v) is 4.66. The average molecular weight is 441 g/mol. The Kier molecular flexibility index (Phi) is 7.48. The lowest BCUT2D eigenvalue weighted by Gasteiger charge is -2.25. The molecule has 1 saturated heterocycles. The van der Waals surface area contributed by atoms with Gasteiger partial charge in [0.2, 0.25) is 0 Å². The number of aromatic nitrogens is 1. The monoisotopic (exact) mass is 441 g/mol. The lowest BCUT2D eigenvalue weighted by Crippen LogP contribution is -2.42. The van der Waals surface area contributed by atoms with Crippen LogP contribution in [0.3, 0.4) is 0 Å². The topological polar surface area (TPSA) is 43.8 Å². The standard InChI is InChI=1S/C18H27N5.HI/c1-3-19-18(21-13-17-15(2)7-6-9-20-17)23-12-8-16(14-23)22-10-4-5-11-22;/h4-7,9,16H,3,8,10-14H2,1-2H3,(H,19,21);1H. The predicted molar refractivity (Wildman–Crippen MR) is 110 cm³/mol. The van der Waals surface area contributed by atoms with E-state index in [0.717, 1.165) is 44.4 Å².